The van der Waals surface area contributed by atoms with E-state index in [1.54, 1.807) is 42.5 Å². The molecule has 0 spiro atoms. The first kappa shape index (κ1) is 13.9. The SMILES string of the molecule is O=C(Cc1cccc(Cl)c1Cl)n1[nH]c(=O)c2ccccc21. The summed E-state index contributed by atoms with van der Waals surface area (Å²) in [5, 5.41) is 3.77. The van der Waals surface area contributed by atoms with Crippen LogP contribution in [-0.2, 0) is 6.42 Å². The number of carbonyl (C=O) groups is 1. The van der Waals surface area contributed by atoms with Crippen molar-refractivity contribution in [1.29, 1.82) is 0 Å². The van der Waals surface area contributed by atoms with Crippen LogP contribution in [0.25, 0.3) is 10.9 Å². The number of aromatic amines is 1. The molecule has 0 saturated carbocycles. The van der Waals surface area contributed by atoms with Gasteiger partial charge in [0.25, 0.3) is 5.56 Å². The molecule has 0 aliphatic carbocycles. The highest BCUT2D eigenvalue weighted by molar-refractivity contribution is 6.42. The number of fused-ring (bicyclic) bond motifs is 1. The third kappa shape index (κ3) is 2.48. The molecule has 4 nitrogen and oxygen atoms in total. The summed E-state index contributed by atoms with van der Waals surface area (Å²) in [6, 6.07) is 12.0. The van der Waals surface area contributed by atoms with Crippen LogP contribution < -0.4 is 5.56 Å². The molecule has 0 atom stereocenters. The quantitative estimate of drug-likeness (QED) is 0.785. The van der Waals surface area contributed by atoms with Crippen LogP contribution in [0, 0.1) is 0 Å². The Balaban J connectivity index is 2.02. The van der Waals surface area contributed by atoms with E-state index < -0.39 is 0 Å². The zero-order valence-corrected chi connectivity index (χ0v) is 12.3. The number of carbonyl (C=O) groups excluding carboxylic acids is 1. The molecule has 0 radical (unpaired) electrons. The molecular weight excluding hydrogens is 311 g/mol. The summed E-state index contributed by atoms with van der Waals surface area (Å²) in [7, 11) is 0. The first-order chi connectivity index (χ1) is 10.1. The predicted molar refractivity (Wildman–Crippen MR) is 83.4 cm³/mol. The van der Waals surface area contributed by atoms with E-state index in [1.807, 2.05) is 0 Å². The monoisotopic (exact) mass is 320 g/mol. The van der Waals surface area contributed by atoms with Gasteiger partial charge >= 0.3 is 0 Å². The highest BCUT2D eigenvalue weighted by atomic mass is 35.5. The van der Waals surface area contributed by atoms with Gasteiger partial charge in [-0.3, -0.25) is 14.7 Å². The number of para-hydroxylation sites is 1. The van der Waals surface area contributed by atoms with Crippen molar-refractivity contribution in [3.8, 4) is 0 Å². The van der Waals surface area contributed by atoms with E-state index >= 15 is 0 Å². The molecule has 1 aromatic heterocycles. The number of rotatable bonds is 2. The molecule has 21 heavy (non-hydrogen) atoms. The van der Waals surface area contributed by atoms with Crippen molar-refractivity contribution >= 4 is 40.0 Å². The highest BCUT2D eigenvalue weighted by Crippen LogP contribution is 2.26. The number of hydrogen-bond acceptors (Lipinski definition) is 2. The molecule has 0 amide bonds. The molecular formula is C15H10Cl2N2O2. The molecule has 0 unspecified atom stereocenters. The van der Waals surface area contributed by atoms with Crippen molar-refractivity contribution in [3.63, 3.8) is 0 Å². The van der Waals surface area contributed by atoms with Gasteiger partial charge in [0, 0.05) is 0 Å². The second-order valence-corrected chi connectivity index (χ2v) is 5.36. The van der Waals surface area contributed by atoms with Crippen molar-refractivity contribution in [2.45, 2.75) is 6.42 Å². The first-order valence-electron chi connectivity index (χ1n) is 6.24. The minimum absolute atomic E-state index is 0.0496. The number of nitrogens with one attached hydrogen (secondary N) is 1. The standard InChI is InChI=1S/C15H10Cl2N2O2/c16-11-6-3-4-9(14(11)17)8-13(20)19-12-7-2-1-5-10(12)15(21)18-19/h1-7H,8H2,(H,18,21). The number of benzene rings is 2. The molecule has 0 saturated heterocycles. The molecule has 1 heterocycles. The van der Waals surface area contributed by atoms with Crippen molar-refractivity contribution in [2.75, 3.05) is 0 Å². The molecule has 3 rings (SSSR count). The second kappa shape index (κ2) is 5.39. The Bertz CT molecular complexity index is 896. The van der Waals surface area contributed by atoms with Crippen molar-refractivity contribution in [1.82, 2.24) is 9.78 Å². The largest absolute Gasteiger partial charge is 0.272 e. The summed E-state index contributed by atoms with van der Waals surface area (Å²) < 4.78 is 1.24. The van der Waals surface area contributed by atoms with Gasteiger partial charge in [0.15, 0.2) is 0 Å². The zero-order chi connectivity index (χ0) is 15.0. The summed E-state index contributed by atoms with van der Waals surface area (Å²) in [4.78, 5) is 24.2. The minimum atomic E-state index is -0.295. The molecule has 2 aromatic carbocycles. The lowest BCUT2D eigenvalue weighted by Gasteiger charge is -2.06. The second-order valence-electron chi connectivity index (χ2n) is 4.58. The van der Waals surface area contributed by atoms with Gasteiger partial charge in [-0.2, -0.15) is 0 Å². The number of aromatic nitrogens is 2. The fourth-order valence-electron chi connectivity index (χ4n) is 2.21. The summed E-state index contributed by atoms with van der Waals surface area (Å²) in [6.45, 7) is 0. The van der Waals surface area contributed by atoms with Crippen LogP contribution in [0.5, 0.6) is 0 Å². The van der Waals surface area contributed by atoms with Crippen LogP contribution in [-0.4, -0.2) is 15.7 Å². The highest BCUT2D eigenvalue weighted by Gasteiger charge is 2.15. The van der Waals surface area contributed by atoms with Gasteiger partial charge in [-0.1, -0.05) is 47.5 Å². The Morgan fingerprint density at radius 3 is 2.67 bits per heavy atom. The van der Waals surface area contributed by atoms with E-state index in [9.17, 15) is 9.59 Å². The summed E-state index contributed by atoms with van der Waals surface area (Å²) >= 11 is 12.0. The normalized spacial score (nSPS) is 11.0. The zero-order valence-electron chi connectivity index (χ0n) is 10.8. The minimum Gasteiger partial charge on any atom is -0.272 e. The van der Waals surface area contributed by atoms with Gasteiger partial charge < -0.3 is 0 Å². The summed E-state index contributed by atoms with van der Waals surface area (Å²) in [5.74, 6) is -0.280. The van der Waals surface area contributed by atoms with Crippen molar-refractivity contribution < 1.29 is 4.79 Å². The molecule has 3 aromatic rings. The lowest BCUT2D eigenvalue weighted by molar-refractivity contribution is 0.0903. The molecule has 0 fully saturated rings. The lowest BCUT2D eigenvalue weighted by Crippen LogP contribution is -2.17. The van der Waals surface area contributed by atoms with Crippen LogP contribution in [0.15, 0.2) is 47.3 Å². The fourth-order valence-corrected chi connectivity index (χ4v) is 2.59. The average molecular weight is 321 g/mol. The molecule has 0 bridgehead atoms. The summed E-state index contributed by atoms with van der Waals surface area (Å²) in [5.41, 5.74) is 0.870. The lowest BCUT2D eigenvalue weighted by atomic mass is 10.1. The third-order valence-corrected chi connectivity index (χ3v) is 4.08. The fraction of sp³-hybridized carbons (Fsp3) is 0.0667. The van der Waals surface area contributed by atoms with E-state index in [0.29, 0.717) is 26.5 Å². The topological polar surface area (TPSA) is 54.9 Å². The first-order valence-corrected chi connectivity index (χ1v) is 6.99. The van der Waals surface area contributed by atoms with Crippen LogP contribution in [0.1, 0.15) is 10.4 Å². The molecule has 0 aliphatic rings. The van der Waals surface area contributed by atoms with Crippen LogP contribution >= 0.6 is 23.2 Å². The van der Waals surface area contributed by atoms with Gasteiger partial charge in [0.2, 0.25) is 5.91 Å². The van der Waals surface area contributed by atoms with E-state index in [1.165, 1.54) is 4.68 Å². The van der Waals surface area contributed by atoms with Gasteiger partial charge in [0.05, 0.1) is 27.4 Å². The van der Waals surface area contributed by atoms with Crippen LogP contribution in [0.2, 0.25) is 10.0 Å². The van der Waals surface area contributed by atoms with E-state index in [0.717, 1.165) is 0 Å². The molecule has 106 valence electrons. The smallest absolute Gasteiger partial charge is 0.272 e. The Morgan fingerprint density at radius 1 is 1.10 bits per heavy atom. The molecule has 1 N–H and O–H groups in total. The maximum absolute atomic E-state index is 12.4. The Labute approximate surface area is 129 Å². The molecule has 0 aliphatic heterocycles. The van der Waals surface area contributed by atoms with E-state index in [-0.39, 0.29) is 17.9 Å². The van der Waals surface area contributed by atoms with Crippen molar-refractivity contribution in [2.24, 2.45) is 0 Å². The predicted octanol–water partition coefficient (Wildman–Crippen LogP) is 3.52. The van der Waals surface area contributed by atoms with E-state index in [4.69, 9.17) is 23.2 Å². The van der Waals surface area contributed by atoms with Gasteiger partial charge in [0.1, 0.15) is 0 Å². The van der Waals surface area contributed by atoms with Crippen molar-refractivity contribution in [3.05, 3.63) is 68.4 Å². The average Bonchev–Trinajstić information content (AvgIpc) is 2.82. The van der Waals surface area contributed by atoms with Crippen LogP contribution in [0.4, 0.5) is 0 Å². The molecule has 6 heteroatoms. The number of nitrogens with zero attached hydrogens (tertiary/aromatic N) is 1. The Morgan fingerprint density at radius 2 is 1.86 bits per heavy atom. The summed E-state index contributed by atoms with van der Waals surface area (Å²) in [6.07, 6.45) is 0.0496. The maximum Gasteiger partial charge on any atom is 0.272 e. The number of halogens is 2. The number of hydrogen-bond donors (Lipinski definition) is 1. The van der Waals surface area contributed by atoms with E-state index in [2.05, 4.69) is 5.10 Å². The Kier molecular flexibility index (Phi) is 3.57. The van der Waals surface area contributed by atoms with Gasteiger partial charge in [-0.05, 0) is 23.8 Å². The third-order valence-electron chi connectivity index (χ3n) is 3.23. The van der Waals surface area contributed by atoms with Gasteiger partial charge in [-0.25, -0.2) is 4.68 Å². The van der Waals surface area contributed by atoms with Crippen LogP contribution in [0.3, 0.4) is 0 Å². The van der Waals surface area contributed by atoms with Gasteiger partial charge in [-0.15, -0.1) is 0 Å². The maximum atomic E-state index is 12.4. The Hall–Kier alpha value is -2.04. The number of H-pyrrole nitrogens is 1.